The predicted octanol–water partition coefficient (Wildman–Crippen LogP) is 6.91. The van der Waals surface area contributed by atoms with Gasteiger partial charge in [-0.25, -0.2) is 14.8 Å². The van der Waals surface area contributed by atoms with Crippen LogP contribution in [0.2, 0.25) is 0 Å². The lowest BCUT2D eigenvalue weighted by Gasteiger charge is -2.36. The van der Waals surface area contributed by atoms with E-state index in [0.717, 1.165) is 86.4 Å². The molecule has 62 heavy (non-hydrogen) atoms. The van der Waals surface area contributed by atoms with E-state index in [-0.39, 0.29) is 35.6 Å². The van der Waals surface area contributed by atoms with Crippen molar-refractivity contribution in [3.8, 4) is 0 Å². The number of pyridine rings is 1. The number of likely N-dealkylation sites (tertiary alicyclic amines) is 1. The summed E-state index contributed by atoms with van der Waals surface area (Å²) in [6.45, 7) is 6.64. The number of carbonyl (C=O) groups excluding carboxylic acids is 4. The van der Waals surface area contributed by atoms with Gasteiger partial charge in [0.25, 0.3) is 11.8 Å². The third kappa shape index (κ3) is 10.6. The third-order valence-corrected chi connectivity index (χ3v) is 13.3. The van der Waals surface area contributed by atoms with Gasteiger partial charge in [-0.2, -0.15) is 13.2 Å². The van der Waals surface area contributed by atoms with Crippen LogP contribution in [0.4, 0.5) is 24.5 Å². The van der Waals surface area contributed by atoms with Crippen molar-refractivity contribution in [3.63, 3.8) is 0 Å². The Morgan fingerprint density at radius 1 is 0.903 bits per heavy atom. The Balaban J connectivity index is 0.892. The average molecular weight is 878 g/mol. The summed E-state index contributed by atoms with van der Waals surface area (Å²) in [5, 5.41) is 32.5. The maximum absolute atomic E-state index is 13.3. The molecule has 0 spiro atoms. The zero-order chi connectivity index (χ0) is 44.3. The molecule has 18 heteroatoms. The number of anilines is 2. The summed E-state index contributed by atoms with van der Waals surface area (Å²) in [4.78, 5) is 73.2. The second-order valence-corrected chi connectivity index (χ2v) is 18.1. The van der Waals surface area contributed by atoms with Crippen molar-refractivity contribution in [1.82, 2.24) is 25.5 Å². The highest BCUT2D eigenvalue weighted by atomic mass is 32.1. The number of aromatic nitrogens is 2. The number of amides is 4. The first-order chi connectivity index (χ1) is 29.4. The number of fused-ring (bicyclic) bond motifs is 1. The van der Waals surface area contributed by atoms with Gasteiger partial charge in [0.2, 0.25) is 11.8 Å². The molecule has 2 saturated heterocycles. The second-order valence-electron chi connectivity index (χ2n) is 17.0. The fourth-order valence-electron chi connectivity index (χ4n) is 8.69. The number of carboxylic acids is 1. The van der Waals surface area contributed by atoms with Crippen LogP contribution in [-0.4, -0.2) is 86.9 Å². The summed E-state index contributed by atoms with van der Waals surface area (Å²) in [7, 11) is 0. The van der Waals surface area contributed by atoms with Crippen LogP contribution in [0.3, 0.4) is 0 Å². The van der Waals surface area contributed by atoms with Gasteiger partial charge in [0.05, 0.1) is 32.0 Å². The summed E-state index contributed by atoms with van der Waals surface area (Å²) in [6.07, 6.45) is 2.46. The molecule has 6 N–H and O–H groups in total. The van der Waals surface area contributed by atoms with Gasteiger partial charge in [-0.1, -0.05) is 12.1 Å². The minimum atomic E-state index is -4.70. The lowest BCUT2D eigenvalue weighted by atomic mass is 9.81. The Bertz CT molecular complexity index is 2350. The van der Waals surface area contributed by atoms with E-state index in [1.807, 2.05) is 0 Å². The molecule has 2 aromatic heterocycles. The molecule has 14 nitrogen and oxygen atoms in total. The van der Waals surface area contributed by atoms with Crippen molar-refractivity contribution < 1.29 is 47.4 Å². The fraction of sp³-hybridized carbons (Fsp3) is 0.477. The van der Waals surface area contributed by atoms with Gasteiger partial charge in [0, 0.05) is 42.4 Å². The molecule has 0 bridgehead atoms. The van der Waals surface area contributed by atoms with Crippen LogP contribution in [0.1, 0.15) is 125 Å². The lowest BCUT2D eigenvalue weighted by molar-refractivity contribution is -0.141. The van der Waals surface area contributed by atoms with E-state index in [0.29, 0.717) is 35.1 Å². The number of alkyl halides is 3. The van der Waals surface area contributed by atoms with Gasteiger partial charge < -0.3 is 31.1 Å². The highest BCUT2D eigenvalue weighted by Crippen LogP contribution is 2.42. The lowest BCUT2D eigenvalue weighted by Crippen LogP contribution is -2.52. The Morgan fingerprint density at radius 3 is 2.31 bits per heavy atom. The minimum Gasteiger partial charge on any atom is -0.478 e. The van der Waals surface area contributed by atoms with Crippen molar-refractivity contribution >= 4 is 62.5 Å². The van der Waals surface area contributed by atoms with Gasteiger partial charge >= 0.3 is 12.1 Å². The van der Waals surface area contributed by atoms with Gasteiger partial charge in [-0.3, -0.25) is 24.5 Å². The van der Waals surface area contributed by atoms with Crippen molar-refractivity contribution in [1.29, 1.82) is 0 Å². The maximum Gasteiger partial charge on any atom is 0.433 e. The van der Waals surface area contributed by atoms with E-state index >= 15 is 0 Å². The van der Waals surface area contributed by atoms with Gasteiger partial charge in [0.1, 0.15) is 17.4 Å². The normalized spacial score (nSPS) is 20.5. The van der Waals surface area contributed by atoms with Crippen molar-refractivity contribution in [2.24, 2.45) is 11.8 Å². The first kappa shape index (κ1) is 44.6. The number of imide groups is 1. The number of thiazole rings is 1. The molecule has 1 atom stereocenters. The van der Waals surface area contributed by atoms with Gasteiger partial charge in [0.15, 0.2) is 0 Å². The summed E-state index contributed by atoms with van der Waals surface area (Å²) < 4.78 is 40.6. The number of piperidine rings is 2. The quantitative estimate of drug-likeness (QED) is 0.0762. The van der Waals surface area contributed by atoms with E-state index in [4.69, 9.17) is 4.98 Å². The van der Waals surface area contributed by atoms with Crippen LogP contribution in [-0.2, 0) is 21.4 Å². The zero-order valence-corrected chi connectivity index (χ0v) is 35.3. The van der Waals surface area contributed by atoms with Crippen LogP contribution in [0.25, 0.3) is 10.2 Å². The molecule has 4 aromatic rings. The molecule has 3 aliphatic rings. The number of nitrogens with zero attached hydrogens (tertiary/aromatic N) is 3. The number of rotatable bonds is 13. The SMILES string of the molecule is CC(C)(O)c1cc2nc([C@H]3CC[C@H](CN4CCC(CCNc5cccc(C(=O)O)c5C(=O)NC5CCC(=O)NC5=O)CC4)CC3)sc2cc1NC(=O)c1cccc(C(F)(F)F)n1. The number of hydrogen-bond acceptors (Lipinski definition) is 11. The third-order valence-electron chi connectivity index (χ3n) is 12.1. The zero-order valence-electron chi connectivity index (χ0n) is 34.4. The molecule has 330 valence electrons. The standard InChI is InChI=1S/C44H50F3N7O7S/c1-43(2,61)28-21-33-34(22-32(28)51-38(56)30-7-4-8-35(49-30)44(45,46)47)62-41(52-33)26-11-9-25(10-12-26)23-54-19-16-24(17-20-54)15-18-48-29-6-3-5-27(42(59)60)37(29)40(58)50-31-13-14-36(55)53-39(31)57/h3-8,21-22,24-26,31,48,61H,9-20,23H2,1-2H3,(H,50,58)(H,51,56)(H,59,60)(H,53,55,57)/t25-,26-,31?. The number of nitrogens with one attached hydrogen (secondary N) is 4. The maximum atomic E-state index is 13.3. The van der Waals surface area contributed by atoms with Crippen molar-refractivity contribution in [2.45, 2.75) is 95.4 Å². The number of aromatic carboxylic acids is 1. The van der Waals surface area contributed by atoms with E-state index in [1.165, 1.54) is 23.5 Å². The molecule has 3 fully saturated rings. The summed E-state index contributed by atoms with van der Waals surface area (Å²) in [5.41, 5.74) is -1.46. The minimum absolute atomic E-state index is 0.0511. The van der Waals surface area contributed by atoms with Crippen molar-refractivity contribution in [2.75, 3.05) is 36.8 Å². The summed E-state index contributed by atoms with van der Waals surface area (Å²) in [6, 6.07) is 10.2. The van der Waals surface area contributed by atoms with Crippen LogP contribution < -0.4 is 21.3 Å². The monoisotopic (exact) mass is 877 g/mol. The second kappa shape index (κ2) is 18.5. The first-order valence-corrected chi connectivity index (χ1v) is 21.7. The number of carboxylic acid groups (broad SMARTS) is 1. The molecule has 1 saturated carbocycles. The molecule has 4 heterocycles. The molecular formula is C44H50F3N7O7S. The predicted molar refractivity (Wildman–Crippen MR) is 226 cm³/mol. The van der Waals surface area contributed by atoms with E-state index in [9.17, 15) is 47.4 Å². The Labute approximate surface area is 360 Å². The summed E-state index contributed by atoms with van der Waals surface area (Å²) in [5.74, 6) is -2.54. The highest BCUT2D eigenvalue weighted by molar-refractivity contribution is 7.18. The topological polar surface area (TPSA) is 203 Å². The number of aliphatic hydroxyl groups is 1. The number of benzene rings is 2. The van der Waals surface area contributed by atoms with E-state index in [2.05, 4.69) is 31.2 Å². The molecule has 1 unspecified atom stereocenters. The Kier molecular flexibility index (Phi) is 13.3. The van der Waals surface area contributed by atoms with Crippen LogP contribution >= 0.6 is 11.3 Å². The van der Waals surface area contributed by atoms with Crippen LogP contribution in [0, 0.1) is 11.8 Å². The number of hydrogen-bond donors (Lipinski definition) is 6. The molecule has 0 radical (unpaired) electrons. The first-order valence-electron chi connectivity index (χ1n) is 20.9. The van der Waals surface area contributed by atoms with Crippen molar-refractivity contribution in [3.05, 3.63) is 81.6 Å². The number of carbonyl (C=O) groups is 5. The summed E-state index contributed by atoms with van der Waals surface area (Å²) >= 11 is 1.52. The largest absolute Gasteiger partial charge is 0.478 e. The van der Waals surface area contributed by atoms with Crippen LogP contribution in [0.5, 0.6) is 0 Å². The smallest absolute Gasteiger partial charge is 0.433 e. The fourth-order valence-corrected chi connectivity index (χ4v) is 9.85. The molecular weight excluding hydrogens is 828 g/mol. The Hall–Kier alpha value is -5.46. The Morgan fingerprint density at radius 2 is 1.63 bits per heavy atom. The van der Waals surface area contributed by atoms with Crippen LogP contribution in [0.15, 0.2) is 48.5 Å². The molecule has 2 aromatic carbocycles. The van der Waals surface area contributed by atoms with E-state index < -0.39 is 58.8 Å². The average Bonchev–Trinajstić information content (AvgIpc) is 3.65. The van der Waals surface area contributed by atoms with Gasteiger partial charge in [-0.05, 0) is 127 Å². The van der Waals surface area contributed by atoms with E-state index in [1.54, 1.807) is 38.1 Å². The molecule has 4 amide bonds. The molecule has 2 aliphatic heterocycles. The number of halogens is 3. The molecule has 7 rings (SSSR count). The highest BCUT2D eigenvalue weighted by Gasteiger charge is 2.34. The van der Waals surface area contributed by atoms with Gasteiger partial charge in [-0.15, -0.1) is 11.3 Å². The molecule has 1 aliphatic carbocycles.